The average Bonchev–Trinajstić information content (AvgIpc) is 2.34. The van der Waals surface area contributed by atoms with E-state index in [1.165, 1.54) is 10.8 Å². The third-order valence-corrected chi connectivity index (χ3v) is 1.42. The second-order valence-electron chi connectivity index (χ2n) is 2.29. The molecule has 5 heteroatoms. The first-order valence-electron chi connectivity index (χ1n) is 3.17. The summed E-state index contributed by atoms with van der Waals surface area (Å²) in [4.78, 5) is 17.5. The Kier molecular flexibility index (Phi) is 1.06. The predicted molar refractivity (Wildman–Crippen MR) is 38.3 cm³/mol. The van der Waals surface area contributed by atoms with Crippen LogP contribution in [-0.2, 0) is 0 Å². The van der Waals surface area contributed by atoms with Crippen molar-refractivity contribution in [2.75, 3.05) is 0 Å². The topological polar surface area (TPSA) is 63.1 Å². The van der Waals surface area contributed by atoms with Gasteiger partial charge >= 0.3 is 5.69 Å². The summed E-state index contributed by atoms with van der Waals surface area (Å²) in [6.07, 6.45) is 1.35. The number of aryl methyl sites for hydroxylation is 1. The molecule has 1 N–H and O–H groups in total. The first-order chi connectivity index (χ1) is 5.27. The van der Waals surface area contributed by atoms with Crippen LogP contribution in [0.2, 0.25) is 0 Å². The van der Waals surface area contributed by atoms with Gasteiger partial charge in [0.15, 0.2) is 5.65 Å². The number of hydrogen-bond donors (Lipinski definition) is 1. The van der Waals surface area contributed by atoms with E-state index in [9.17, 15) is 4.79 Å². The molecule has 0 saturated heterocycles. The summed E-state index contributed by atoms with van der Waals surface area (Å²) in [5.41, 5.74) is 1.11. The standard InChI is InChI=1S/C6H6N4O/c1-4-2-5-7-3-8-10(5)6(11)9-4/h2-3H,1H3,(H,9,11). The minimum atomic E-state index is -0.252. The first kappa shape index (κ1) is 6.09. The Labute approximate surface area is 61.7 Å². The molecular weight excluding hydrogens is 144 g/mol. The van der Waals surface area contributed by atoms with Gasteiger partial charge < -0.3 is 4.98 Å². The molecule has 0 aromatic carbocycles. The van der Waals surface area contributed by atoms with Crippen molar-refractivity contribution in [1.82, 2.24) is 19.6 Å². The van der Waals surface area contributed by atoms with E-state index in [0.29, 0.717) is 5.65 Å². The molecule has 0 bridgehead atoms. The van der Waals surface area contributed by atoms with E-state index in [2.05, 4.69) is 15.1 Å². The van der Waals surface area contributed by atoms with Gasteiger partial charge in [0, 0.05) is 11.8 Å². The fourth-order valence-electron chi connectivity index (χ4n) is 0.957. The third kappa shape index (κ3) is 0.813. The van der Waals surface area contributed by atoms with E-state index in [1.807, 2.05) is 0 Å². The molecule has 56 valence electrons. The Morgan fingerprint density at radius 2 is 2.45 bits per heavy atom. The summed E-state index contributed by atoms with van der Waals surface area (Å²) in [5.74, 6) is 0. The quantitative estimate of drug-likeness (QED) is 0.562. The maximum Gasteiger partial charge on any atom is 0.348 e. The lowest BCUT2D eigenvalue weighted by Crippen LogP contribution is -2.17. The average molecular weight is 150 g/mol. The Morgan fingerprint density at radius 1 is 1.64 bits per heavy atom. The Bertz CT molecular complexity index is 441. The molecule has 11 heavy (non-hydrogen) atoms. The molecule has 0 spiro atoms. The minimum absolute atomic E-state index is 0.252. The molecule has 0 radical (unpaired) electrons. The Balaban J connectivity index is 3.02. The summed E-state index contributed by atoms with van der Waals surface area (Å²) in [7, 11) is 0. The van der Waals surface area contributed by atoms with E-state index in [-0.39, 0.29) is 5.69 Å². The van der Waals surface area contributed by atoms with E-state index in [4.69, 9.17) is 0 Å². The van der Waals surface area contributed by atoms with Gasteiger partial charge in [-0.15, -0.1) is 0 Å². The van der Waals surface area contributed by atoms with Gasteiger partial charge in [-0.2, -0.15) is 9.61 Å². The summed E-state index contributed by atoms with van der Waals surface area (Å²) >= 11 is 0. The highest BCUT2D eigenvalue weighted by molar-refractivity contribution is 5.35. The van der Waals surface area contributed by atoms with Crippen LogP contribution in [-0.4, -0.2) is 19.6 Å². The second-order valence-corrected chi connectivity index (χ2v) is 2.29. The van der Waals surface area contributed by atoms with Gasteiger partial charge in [-0.1, -0.05) is 0 Å². The molecule has 0 unspecified atom stereocenters. The SMILES string of the molecule is Cc1cc2ncnn2c(=O)[nH]1. The van der Waals surface area contributed by atoms with E-state index >= 15 is 0 Å². The van der Waals surface area contributed by atoms with Crippen LogP contribution in [0.4, 0.5) is 0 Å². The van der Waals surface area contributed by atoms with Crippen molar-refractivity contribution < 1.29 is 0 Å². The molecular formula is C6H6N4O. The van der Waals surface area contributed by atoms with Crippen LogP contribution in [0.25, 0.3) is 5.65 Å². The molecule has 0 saturated carbocycles. The molecule has 2 heterocycles. The normalized spacial score (nSPS) is 10.6. The van der Waals surface area contributed by atoms with Gasteiger partial charge in [-0.3, -0.25) is 0 Å². The van der Waals surface area contributed by atoms with Crippen molar-refractivity contribution >= 4 is 5.65 Å². The number of hydrogen-bond acceptors (Lipinski definition) is 3. The van der Waals surface area contributed by atoms with Crippen LogP contribution in [0.5, 0.6) is 0 Å². The molecule has 0 aliphatic rings. The molecule has 0 aliphatic heterocycles. The maximum atomic E-state index is 11.1. The zero-order valence-corrected chi connectivity index (χ0v) is 5.90. The van der Waals surface area contributed by atoms with Crippen LogP contribution in [0, 0.1) is 6.92 Å². The van der Waals surface area contributed by atoms with Crippen LogP contribution >= 0.6 is 0 Å². The van der Waals surface area contributed by atoms with Gasteiger partial charge in [0.2, 0.25) is 0 Å². The summed E-state index contributed by atoms with van der Waals surface area (Å²) in [6.45, 7) is 1.80. The molecule has 0 atom stereocenters. The molecule has 2 aromatic rings. The molecule has 2 rings (SSSR count). The predicted octanol–water partition coefficient (Wildman–Crippen LogP) is -0.274. The number of nitrogens with zero attached hydrogens (tertiary/aromatic N) is 3. The van der Waals surface area contributed by atoms with Crippen LogP contribution in [0.3, 0.4) is 0 Å². The third-order valence-electron chi connectivity index (χ3n) is 1.42. The van der Waals surface area contributed by atoms with Crippen molar-refractivity contribution in [2.24, 2.45) is 0 Å². The van der Waals surface area contributed by atoms with Gasteiger partial charge in [0.05, 0.1) is 0 Å². The molecule has 5 nitrogen and oxygen atoms in total. The van der Waals surface area contributed by atoms with Crippen molar-refractivity contribution in [3.63, 3.8) is 0 Å². The Morgan fingerprint density at radius 3 is 3.27 bits per heavy atom. The number of aromatic amines is 1. The van der Waals surface area contributed by atoms with Gasteiger partial charge in [0.25, 0.3) is 0 Å². The van der Waals surface area contributed by atoms with Gasteiger partial charge in [0.1, 0.15) is 6.33 Å². The monoisotopic (exact) mass is 150 g/mol. The number of aromatic nitrogens is 4. The zero-order chi connectivity index (χ0) is 7.84. The Hall–Kier alpha value is -1.65. The van der Waals surface area contributed by atoms with Crippen LogP contribution in [0.1, 0.15) is 5.69 Å². The summed E-state index contributed by atoms with van der Waals surface area (Å²) in [5, 5.41) is 3.72. The van der Waals surface area contributed by atoms with E-state index in [1.54, 1.807) is 13.0 Å². The lowest BCUT2D eigenvalue weighted by molar-refractivity contribution is 0.856. The molecule has 0 aliphatic carbocycles. The largest absolute Gasteiger partial charge is 0.348 e. The second kappa shape index (κ2) is 1.91. The summed E-state index contributed by atoms with van der Waals surface area (Å²) < 4.78 is 1.22. The maximum absolute atomic E-state index is 11.1. The summed E-state index contributed by atoms with van der Waals surface area (Å²) in [6, 6.07) is 1.76. The lowest BCUT2D eigenvalue weighted by Gasteiger charge is -1.91. The highest BCUT2D eigenvalue weighted by atomic mass is 16.1. The smallest absolute Gasteiger partial charge is 0.310 e. The van der Waals surface area contributed by atoms with Crippen molar-refractivity contribution in [2.45, 2.75) is 6.92 Å². The van der Waals surface area contributed by atoms with Crippen molar-refractivity contribution in [1.29, 1.82) is 0 Å². The van der Waals surface area contributed by atoms with Crippen molar-refractivity contribution in [3.05, 3.63) is 28.6 Å². The number of fused-ring (bicyclic) bond motifs is 1. The molecule has 0 amide bonds. The van der Waals surface area contributed by atoms with E-state index in [0.717, 1.165) is 5.69 Å². The fraction of sp³-hybridized carbons (Fsp3) is 0.167. The number of rotatable bonds is 0. The van der Waals surface area contributed by atoms with Gasteiger partial charge in [-0.05, 0) is 6.92 Å². The van der Waals surface area contributed by atoms with Crippen molar-refractivity contribution in [3.8, 4) is 0 Å². The highest BCUT2D eigenvalue weighted by Crippen LogP contribution is 1.93. The first-order valence-corrected chi connectivity index (χ1v) is 3.17. The lowest BCUT2D eigenvalue weighted by atomic mass is 10.4. The molecule has 0 fully saturated rings. The van der Waals surface area contributed by atoms with Gasteiger partial charge in [-0.25, -0.2) is 9.78 Å². The van der Waals surface area contributed by atoms with Crippen LogP contribution < -0.4 is 5.69 Å². The minimum Gasteiger partial charge on any atom is -0.310 e. The number of nitrogens with one attached hydrogen (secondary N) is 1. The zero-order valence-electron chi connectivity index (χ0n) is 5.90. The van der Waals surface area contributed by atoms with Crippen LogP contribution in [0.15, 0.2) is 17.2 Å². The molecule has 2 aromatic heterocycles. The van der Waals surface area contributed by atoms with E-state index < -0.39 is 0 Å². The number of H-pyrrole nitrogens is 1. The highest BCUT2D eigenvalue weighted by Gasteiger charge is 1.98. The fourth-order valence-corrected chi connectivity index (χ4v) is 0.957.